The summed E-state index contributed by atoms with van der Waals surface area (Å²) in [7, 11) is 2.07. The zero-order valence-corrected chi connectivity index (χ0v) is 16.8. The summed E-state index contributed by atoms with van der Waals surface area (Å²) in [6.07, 6.45) is 0. The van der Waals surface area contributed by atoms with Crippen LogP contribution in [0.25, 0.3) is 0 Å². The Labute approximate surface area is 160 Å². The van der Waals surface area contributed by atoms with Gasteiger partial charge in [0.05, 0.1) is 20.3 Å². The first-order valence-corrected chi connectivity index (χ1v) is 9.70. The van der Waals surface area contributed by atoms with Gasteiger partial charge in [0.2, 0.25) is 10.0 Å². The van der Waals surface area contributed by atoms with Gasteiger partial charge in [0.25, 0.3) is 5.91 Å². The van der Waals surface area contributed by atoms with Crippen molar-refractivity contribution >= 4 is 15.9 Å². The van der Waals surface area contributed by atoms with Crippen LogP contribution in [-0.4, -0.2) is 46.9 Å². The Hall–Kier alpha value is -2.58. The van der Waals surface area contributed by atoms with Gasteiger partial charge in [0.15, 0.2) is 0 Å². The maximum atomic E-state index is 12.6. The highest BCUT2D eigenvalue weighted by Gasteiger charge is 2.24. The van der Waals surface area contributed by atoms with Gasteiger partial charge in [-0.05, 0) is 42.8 Å². The molecule has 0 aromatic heterocycles. The van der Waals surface area contributed by atoms with Crippen molar-refractivity contribution in [3.8, 4) is 11.5 Å². The van der Waals surface area contributed by atoms with E-state index in [2.05, 4.69) is 5.32 Å². The molecule has 0 bridgehead atoms. The number of methoxy groups -OCH3 is 2. The van der Waals surface area contributed by atoms with Gasteiger partial charge in [0.1, 0.15) is 16.4 Å². The van der Waals surface area contributed by atoms with Crippen LogP contribution in [0.2, 0.25) is 0 Å². The van der Waals surface area contributed by atoms with Crippen molar-refractivity contribution in [2.75, 3.05) is 28.3 Å². The third-order valence-corrected chi connectivity index (χ3v) is 5.98. The lowest BCUT2D eigenvalue weighted by molar-refractivity contribution is 0.0939. The van der Waals surface area contributed by atoms with Gasteiger partial charge in [-0.15, -0.1) is 0 Å². The Morgan fingerprint density at radius 2 is 1.67 bits per heavy atom. The Bertz CT molecular complexity index is 908. The monoisotopic (exact) mass is 392 g/mol. The first kappa shape index (κ1) is 20.7. The molecule has 2 rings (SSSR count). The molecule has 1 amide bonds. The second-order valence-electron chi connectivity index (χ2n) is 6.12. The van der Waals surface area contributed by atoms with Gasteiger partial charge in [-0.25, -0.2) is 12.7 Å². The number of ether oxygens (including phenoxy) is 2. The summed E-state index contributed by atoms with van der Waals surface area (Å²) in [5.74, 6) is 0.533. The van der Waals surface area contributed by atoms with Gasteiger partial charge in [-0.2, -0.15) is 0 Å². The molecule has 0 spiro atoms. The molecular formula is C19H24N2O5S. The molecule has 0 saturated heterocycles. The molecule has 0 aliphatic heterocycles. The summed E-state index contributed by atoms with van der Waals surface area (Å²) in [5.41, 5.74) is 1.13. The number of carbonyl (C=O) groups is 1. The van der Waals surface area contributed by atoms with Crippen molar-refractivity contribution in [2.24, 2.45) is 0 Å². The largest absolute Gasteiger partial charge is 0.497 e. The minimum atomic E-state index is -3.75. The molecule has 0 aliphatic carbocycles. The number of hydrogen-bond acceptors (Lipinski definition) is 5. The van der Waals surface area contributed by atoms with E-state index in [0.29, 0.717) is 0 Å². The van der Waals surface area contributed by atoms with Crippen molar-refractivity contribution in [2.45, 2.75) is 17.9 Å². The summed E-state index contributed by atoms with van der Waals surface area (Å²) >= 11 is 0. The van der Waals surface area contributed by atoms with E-state index >= 15 is 0 Å². The number of amides is 1. The molecule has 0 fully saturated rings. The van der Waals surface area contributed by atoms with E-state index in [1.165, 1.54) is 39.4 Å². The number of benzene rings is 2. The fraction of sp³-hybridized carbons (Fsp3) is 0.316. The van der Waals surface area contributed by atoms with Crippen LogP contribution >= 0.6 is 0 Å². The van der Waals surface area contributed by atoms with E-state index in [9.17, 15) is 13.2 Å². The van der Waals surface area contributed by atoms with Crippen molar-refractivity contribution in [1.82, 2.24) is 9.62 Å². The molecular weight excluding hydrogens is 368 g/mol. The van der Waals surface area contributed by atoms with Gasteiger partial charge in [-0.1, -0.05) is 12.1 Å². The van der Waals surface area contributed by atoms with E-state index in [4.69, 9.17) is 9.47 Å². The lowest BCUT2D eigenvalue weighted by Gasteiger charge is -2.17. The number of nitrogens with one attached hydrogen (secondary N) is 1. The smallest absolute Gasteiger partial charge is 0.251 e. The SMILES string of the molecule is COc1ccc(C(C)NC(=O)c2ccc(OC)c(S(=O)(=O)N(C)C)c2)cc1. The van der Waals surface area contributed by atoms with Crippen molar-refractivity contribution in [3.63, 3.8) is 0 Å². The summed E-state index contributed by atoms with van der Waals surface area (Å²) < 4.78 is 36.3. The van der Waals surface area contributed by atoms with Crippen LogP contribution in [0.3, 0.4) is 0 Å². The molecule has 2 aromatic rings. The zero-order chi connectivity index (χ0) is 20.2. The third-order valence-electron chi connectivity index (χ3n) is 4.15. The van der Waals surface area contributed by atoms with Gasteiger partial charge < -0.3 is 14.8 Å². The maximum absolute atomic E-state index is 12.6. The normalized spacial score (nSPS) is 12.5. The van der Waals surface area contributed by atoms with Crippen LogP contribution < -0.4 is 14.8 Å². The van der Waals surface area contributed by atoms with Gasteiger partial charge >= 0.3 is 0 Å². The quantitative estimate of drug-likeness (QED) is 0.782. The van der Waals surface area contributed by atoms with Gasteiger partial charge in [-0.3, -0.25) is 4.79 Å². The van der Waals surface area contributed by atoms with E-state index < -0.39 is 10.0 Å². The van der Waals surface area contributed by atoms with E-state index in [1.54, 1.807) is 7.11 Å². The summed E-state index contributed by atoms with van der Waals surface area (Å²) in [5, 5.41) is 2.87. The van der Waals surface area contributed by atoms with Crippen LogP contribution in [0.1, 0.15) is 28.9 Å². The Kier molecular flexibility index (Phi) is 6.45. The molecule has 1 unspecified atom stereocenters. The summed E-state index contributed by atoms with van der Waals surface area (Å²) in [6, 6.07) is 11.4. The highest BCUT2D eigenvalue weighted by Crippen LogP contribution is 2.27. The second kappa shape index (κ2) is 8.41. The van der Waals surface area contributed by atoms with Crippen LogP contribution in [0.15, 0.2) is 47.4 Å². The maximum Gasteiger partial charge on any atom is 0.251 e. The van der Waals surface area contributed by atoms with Crippen molar-refractivity contribution in [3.05, 3.63) is 53.6 Å². The van der Waals surface area contributed by atoms with Crippen LogP contribution in [0.4, 0.5) is 0 Å². The van der Waals surface area contributed by atoms with Crippen LogP contribution in [0.5, 0.6) is 11.5 Å². The lowest BCUT2D eigenvalue weighted by Crippen LogP contribution is -2.27. The molecule has 0 saturated carbocycles. The van der Waals surface area contributed by atoms with Crippen molar-refractivity contribution < 1.29 is 22.7 Å². The minimum absolute atomic E-state index is 0.0558. The fourth-order valence-electron chi connectivity index (χ4n) is 2.47. The molecule has 0 radical (unpaired) electrons. The number of rotatable bonds is 7. The molecule has 146 valence electrons. The molecule has 7 nitrogen and oxygen atoms in total. The second-order valence-corrected chi connectivity index (χ2v) is 8.24. The molecule has 1 N–H and O–H groups in total. The predicted molar refractivity (Wildman–Crippen MR) is 103 cm³/mol. The predicted octanol–water partition coefficient (Wildman–Crippen LogP) is 2.45. The lowest BCUT2D eigenvalue weighted by atomic mass is 10.1. The molecule has 1 atom stereocenters. The molecule has 27 heavy (non-hydrogen) atoms. The highest BCUT2D eigenvalue weighted by molar-refractivity contribution is 7.89. The Morgan fingerprint density at radius 1 is 1.04 bits per heavy atom. The molecule has 2 aromatic carbocycles. The summed E-state index contributed by atoms with van der Waals surface area (Å²) in [6.45, 7) is 1.85. The Morgan fingerprint density at radius 3 is 2.19 bits per heavy atom. The fourth-order valence-corrected chi connectivity index (χ4v) is 3.55. The zero-order valence-electron chi connectivity index (χ0n) is 16.0. The highest BCUT2D eigenvalue weighted by atomic mass is 32.2. The average Bonchev–Trinajstić information content (AvgIpc) is 2.67. The average molecular weight is 392 g/mol. The topological polar surface area (TPSA) is 84.9 Å². The van der Waals surface area contributed by atoms with E-state index in [-0.39, 0.29) is 28.2 Å². The standard InChI is InChI=1S/C19H24N2O5S/c1-13(14-6-9-16(25-4)10-7-14)20-19(22)15-8-11-17(26-5)18(12-15)27(23,24)21(2)3/h6-13H,1-5H3,(H,20,22). The number of hydrogen-bond donors (Lipinski definition) is 1. The number of sulfonamides is 1. The Balaban J connectivity index is 2.28. The van der Waals surface area contributed by atoms with Crippen LogP contribution in [-0.2, 0) is 10.0 Å². The molecule has 8 heteroatoms. The molecule has 0 aliphatic rings. The summed E-state index contributed by atoms with van der Waals surface area (Å²) in [4.78, 5) is 12.6. The number of nitrogens with zero attached hydrogens (tertiary/aromatic N) is 1. The number of carbonyl (C=O) groups excluding carboxylic acids is 1. The third kappa shape index (κ3) is 4.58. The van der Waals surface area contributed by atoms with Crippen molar-refractivity contribution in [1.29, 1.82) is 0 Å². The van der Waals surface area contributed by atoms with E-state index in [1.807, 2.05) is 31.2 Å². The van der Waals surface area contributed by atoms with E-state index in [0.717, 1.165) is 15.6 Å². The minimum Gasteiger partial charge on any atom is -0.497 e. The molecule has 0 heterocycles. The van der Waals surface area contributed by atoms with Gasteiger partial charge in [0, 0.05) is 19.7 Å². The van der Waals surface area contributed by atoms with Crippen LogP contribution in [0, 0.1) is 0 Å². The first-order valence-electron chi connectivity index (χ1n) is 8.26. The first-order chi connectivity index (χ1) is 12.7.